The normalized spacial score (nSPS) is 17.0. The molecule has 1 fully saturated rings. The number of rotatable bonds is 6. The molecule has 1 unspecified atom stereocenters. The van der Waals surface area contributed by atoms with Crippen molar-refractivity contribution in [2.45, 2.75) is 19.8 Å². The van der Waals surface area contributed by atoms with E-state index in [1.807, 2.05) is 0 Å². The van der Waals surface area contributed by atoms with Crippen molar-refractivity contribution >= 4 is 29.3 Å². The first-order chi connectivity index (χ1) is 11.5. The fraction of sp³-hybridized carbons (Fsp3) is 0.529. The maximum absolute atomic E-state index is 12.3. The molecular formula is C17H23ClN2O4. The molecule has 7 heteroatoms. The first-order valence-corrected chi connectivity index (χ1v) is 8.44. The lowest BCUT2D eigenvalue weighted by Gasteiger charge is -2.18. The Hall–Kier alpha value is -1.79. The van der Waals surface area contributed by atoms with E-state index in [2.05, 4.69) is 17.0 Å². The van der Waals surface area contributed by atoms with Crippen molar-refractivity contribution in [1.29, 1.82) is 0 Å². The Labute approximate surface area is 147 Å². The molecule has 1 aliphatic rings. The molecule has 0 radical (unpaired) electrons. The molecule has 1 saturated heterocycles. The van der Waals surface area contributed by atoms with Gasteiger partial charge in [0.1, 0.15) is 0 Å². The average molecular weight is 355 g/mol. The smallest absolute Gasteiger partial charge is 0.337 e. The number of benzene rings is 1. The molecule has 2 amide bonds. The summed E-state index contributed by atoms with van der Waals surface area (Å²) >= 11 is 6.13. The number of halogens is 1. The van der Waals surface area contributed by atoms with E-state index in [1.165, 1.54) is 13.2 Å². The summed E-state index contributed by atoms with van der Waals surface area (Å²) in [5.41, 5.74) is 0.815. The monoisotopic (exact) mass is 354 g/mol. The first kappa shape index (κ1) is 18.5. The maximum Gasteiger partial charge on any atom is 0.337 e. The number of nitrogens with one attached hydrogen (secondary N) is 1. The van der Waals surface area contributed by atoms with Gasteiger partial charge < -0.3 is 19.7 Å². The van der Waals surface area contributed by atoms with Crippen molar-refractivity contribution in [1.82, 2.24) is 4.90 Å². The highest BCUT2D eigenvalue weighted by Gasteiger charge is 2.26. The molecular weight excluding hydrogens is 332 g/mol. The summed E-state index contributed by atoms with van der Waals surface area (Å²) in [6.07, 6.45) is 1.93. The van der Waals surface area contributed by atoms with Crippen molar-refractivity contribution in [3.63, 3.8) is 0 Å². The number of methoxy groups -OCH3 is 1. The molecule has 1 aromatic rings. The van der Waals surface area contributed by atoms with Crippen molar-refractivity contribution < 1.29 is 19.1 Å². The number of esters is 1. The number of anilines is 1. The van der Waals surface area contributed by atoms with Crippen LogP contribution in [0.4, 0.5) is 10.5 Å². The molecule has 6 nitrogen and oxygen atoms in total. The quantitative estimate of drug-likeness (QED) is 0.628. The SMILES string of the molecule is CCCOCC1CCN(C(=O)Nc2ccc(C(=O)OC)cc2Cl)C1. The third kappa shape index (κ3) is 4.85. The maximum atomic E-state index is 12.3. The van der Waals surface area contributed by atoms with Crippen LogP contribution in [0.5, 0.6) is 0 Å². The van der Waals surface area contributed by atoms with Crippen LogP contribution in [0.3, 0.4) is 0 Å². The van der Waals surface area contributed by atoms with Crippen molar-refractivity contribution in [3.8, 4) is 0 Å². The van der Waals surface area contributed by atoms with Crippen LogP contribution in [0.15, 0.2) is 18.2 Å². The number of hydrogen-bond donors (Lipinski definition) is 1. The van der Waals surface area contributed by atoms with Crippen LogP contribution in [0.2, 0.25) is 5.02 Å². The third-order valence-corrected chi connectivity index (χ3v) is 4.22. The van der Waals surface area contributed by atoms with E-state index in [1.54, 1.807) is 17.0 Å². The molecule has 0 aliphatic carbocycles. The van der Waals surface area contributed by atoms with Crippen LogP contribution < -0.4 is 5.32 Å². The number of likely N-dealkylation sites (tertiary alicyclic amines) is 1. The number of carbonyl (C=O) groups excluding carboxylic acids is 2. The summed E-state index contributed by atoms with van der Waals surface area (Å²) in [5, 5.41) is 3.09. The zero-order valence-corrected chi connectivity index (χ0v) is 14.8. The molecule has 1 heterocycles. The van der Waals surface area contributed by atoms with Gasteiger partial charge in [-0.2, -0.15) is 0 Å². The van der Waals surface area contributed by atoms with Crippen LogP contribution in [-0.4, -0.2) is 50.3 Å². The predicted molar refractivity (Wildman–Crippen MR) is 92.6 cm³/mol. The molecule has 1 N–H and O–H groups in total. The first-order valence-electron chi connectivity index (χ1n) is 8.06. The van der Waals surface area contributed by atoms with E-state index in [-0.39, 0.29) is 6.03 Å². The fourth-order valence-electron chi connectivity index (χ4n) is 2.60. The summed E-state index contributed by atoms with van der Waals surface area (Å²) < 4.78 is 10.2. The molecule has 1 atom stereocenters. The second-order valence-corrected chi connectivity index (χ2v) is 6.20. The van der Waals surface area contributed by atoms with Gasteiger partial charge >= 0.3 is 12.0 Å². The number of amides is 2. The van der Waals surface area contributed by atoms with E-state index in [0.29, 0.717) is 41.9 Å². The van der Waals surface area contributed by atoms with Gasteiger partial charge in [0.25, 0.3) is 0 Å². The molecule has 0 saturated carbocycles. The summed E-state index contributed by atoms with van der Waals surface area (Å²) in [5.74, 6) is -0.0938. The molecule has 132 valence electrons. The van der Waals surface area contributed by atoms with Gasteiger partial charge in [0.2, 0.25) is 0 Å². The lowest BCUT2D eigenvalue weighted by molar-refractivity contribution is 0.0600. The van der Waals surface area contributed by atoms with Gasteiger partial charge in [-0.15, -0.1) is 0 Å². The van der Waals surface area contributed by atoms with Crippen LogP contribution in [0, 0.1) is 5.92 Å². The van der Waals surface area contributed by atoms with Crippen LogP contribution in [0.25, 0.3) is 0 Å². The van der Waals surface area contributed by atoms with Gasteiger partial charge in [-0.25, -0.2) is 9.59 Å². The predicted octanol–water partition coefficient (Wildman–Crippen LogP) is 3.41. The molecule has 0 bridgehead atoms. The molecule has 2 rings (SSSR count). The number of carbonyl (C=O) groups is 2. The average Bonchev–Trinajstić information content (AvgIpc) is 3.05. The van der Waals surface area contributed by atoms with Crippen molar-refractivity contribution in [3.05, 3.63) is 28.8 Å². The summed E-state index contributed by atoms with van der Waals surface area (Å²) in [4.78, 5) is 25.6. The third-order valence-electron chi connectivity index (χ3n) is 3.91. The van der Waals surface area contributed by atoms with Gasteiger partial charge in [0.05, 0.1) is 30.0 Å². The fourth-order valence-corrected chi connectivity index (χ4v) is 2.83. The van der Waals surface area contributed by atoms with Gasteiger partial charge in [-0.05, 0) is 31.0 Å². The molecule has 24 heavy (non-hydrogen) atoms. The van der Waals surface area contributed by atoms with E-state index in [9.17, 15) is 9.59 Å². The lowest BCUT2D eigenvalue weighted by Crippen LogP contribution is -2.33. The van der Waals surface area contributed by atoms with E-state index in [0.717, 1.165) is 19.4 Å². The second-order valence-electron chi connectivity index (χ2n) is 5.79. The van der Waals surface area contributed by atoms with Crippen molar-refractivity contribution in [2.75, 3.05) is 38.7 Å². The largest absolute Gasteiger partial charge is 0.465 e. The van der Waals surface area contributed by atoms with Gasteiger partial charge in [0, 0.05) is 25.6 Å². The zero-order chi connectivity index (χ0) is 17.5. The Morgan fingerprint density at radius 3 is 2.88 bits per heavy atom. The summed E-state index contributed by atoms with van der Waals surface area (Å²) in [6.45, 7) is 4.89. The summed E-state index contributed by atoms with van der Waals surface area (Å²) in [6, 6.07) is 4.46. The standard InChI is InChI=1S/C17H23ClN2O4/c1-3-8-24-11-12-6-7-20(10-12)17(22)19-15-5-4-13(9-14(15)18)16(21)23-2/h4-5,9,12H,3,6-8,10-11H2,1-2H3,(H,19,22). The highest BCUT2D eigenvalue weighted by atomic mass is 35.5. The topological polar surface area (TPSA) is 67.9 Å². The van der Waals surface area contributed by atoms with Crippen LogP contribution in [-0.2, 0) is 9.47 Å². The minimum absolute atomic E-state index is 0.194. The van der Waals surface area contributed by atoms with Crippen LogP contribution >= 0.6 is 11.6 Å². The Morgan fingerprint density at radius 1 is 1.42 bits per heavy atom. The zero-order valence-electron chi connectivity index (χ0n) is 14.0. The lowest BCUT2D eigenvalue weighted by atomic mass is 10.1. The van der Waals surface area contributed by atoms with E-state index in [4.69, 9.17) is 16.3 Å². The Kier molecular flexibility index (Phi) is 6.87. The van der Waals surface area contributed by atoms with Crippen molar-refractivity contribution in [2.24, 2.45) is 5.92 Å². The van der Waals surface area contributed by atoms with Gasteiger partial charge in [0.15, 0.2) is 0 Å². The Balaban J connectivity index is 1.90. The molecule has 0 spiro atoms. The molecule has 1 aliphatic heterocycles. The minimum Gasteiger partial charge on any atom is -0.465 e. The van der Waals surface area contributed by atoms with E-state index < -0.39 is 5.97 Å². The second kappa shape index (κ2) is 8.89. The van der Waals surface area contributed by atoms with Gasteiger partial charge in [-0.3, -0.25) is 0 Å². The van der Waals surface area contributed by atoms with Gasteiger partial charge in [-0.1, -0.05) is 18.5 Å². The Morgan fingerprint density at radius 2 is 2.21 bits per heavy atom. The molecule has 0 aromatic heterocycles. The highest BCUT2D eigenvalue weighted by Crippen LogP contribution is 2.25. The minimum atomic E-state index is -0.468. The van der Waals surface area contributed by atoms with Crippen LogP contribution in [0.1, 0.15) is 30.1 Å². The molecule has 1 aromatic carbocycles. The summed E-state index contributed by atoms with van der Waals surface area (Å²) in [7, 11) is 1.31. The highest BCUT2D eigenvalue weighted by molar-refractivity contribution is 6.34. The number of nitrogens with zero attached hydrogens (tertiary/aromatic N) is 1. The van der Waals surface area contributed by atoms with E-state index >= 15 is 0 Å². The Bertz CT molecular complexity index is 594. The number of hydrogen-bond acceptors (Lipinski definition) is 4. The number of ether oxygens (including phenoxy) is 2. The number of urea groups is 1.